The highest BCUT2D eigenvalue weighted by Gasteiger charge is 2.36. The molecule has 1 fully saturated rings. The van der Waals surface area contributed by atoms with Gasteiger partial charge in [0.2, 0.25) is 0 Å². The van der Waals surface area contributed by atoms with E-state index in [1.165, 1.54) is 24.4 Å². The first kappa shape index (κ1) is 16.2. The number of aryl methyl sites for hydroxylation is 1. The van der Waals surface area contributed by atoms with Gasteiger partial charge in [-0.25, -0.2) is 4.98 Å². The number of hydrogen-bond donors (Lipinski definition) is 2. The van der Waals surface area contributed by atoms with Crippen LogP contribution in [0.25, 0.3) is 0 Å². The van der Waals surface area contributed by atoms with Gasteiger partial charge in [0, 0.05) is 17.2 Å². The summed E-state index contributed by atoms with van der Waals surface area (Å²) >= 11 is 3.36. The maximum absolute atomic E-state index is 9.80. The molecule has 0 bridgehead atoms. The summed E-state index contributed by atoms with van der Waals surface area (Å²) in [7, 11) is 0. The lowest BCUT2D eigenvalue weighted by Gasteiger charge is -2.40. The summed E-state index contributed by atoms with van der Waals surface area (Å²) in [6.45, 7) is 5.47. The molecular weight excluding hydrogens is 290 g/mol. The molecule has 0 aliphatic heterocycles. The maximum atomic E-state index is 9.80. The summed E-state index contributed by atoms with van der Waals surface area (Å²) in [5, 5.41) is 13.9. The lowest BCUT2D eigenvalue weighted by Crippen LogP contribution is -2.52. The minimum Gasteiger partial charge on any atom is -0.394 e. The minimum atomic E-state index is -0.0792. The number of hydrogen-bond acceptors (Lipinski definition) is 6. The Hall–Kier alpha value is -0.170. The first-order valence-corrected chi connectivity index (χ1v) is 9.22. The van der Waals surface area contributed by atoms with Crippen LogP contribution in [0.3, 0.4) is 0 Å². The van der Waals surface area contributed by atoms with Crippen molar-refractivity contribution in [2.45, 2.75) is 67.5 Å². The van der Waals surface area contributed by atoms with Crippen molar-refractivity contribution >= 4 is 23.3 Å². The third-order valence-corrected chi connectivity index (χ3v) is 5.98. The summed E-state index contributed by atoms with van der Waals surface area (Å²) in [5.41, 5.74) is -0.0792. The van der Waals surface area contributed by atoms with Gasteiger partial charge in [-0.3, -0.25) is 0 Å². The fraction of sp³-hybridized carbons (Fsp3) is 0.857. The van der Waals surface area contributed by atoms with E-state index in [4.69, 9.17) is 0 Å². The van der Waals surface area contributed by atoms with E-state index in [1.54, 1.807) is 0 Å². The molecule has 0 saturated heterocycles. The van der Waals surface area contributed by atoms with Crippen molar-refractivity contribution in [3.63, 3.8) is 0 Å². The van der Waals surface area contributed by atoms with E-state index in [2.05, 4.69) is 28.5 Å². The third-order valence-electron chi connectivity index (χ3n) is 3.89. The summed E-state index contributed by atoms with van der Waals surface area (Å²) in [5.74, 6) is 0.950. The van der Waals surface area contributed by atoms with E-state index in [9.17, 15) is 5.11 Å². The van der Waals surface area contributed by atoms with Crippen LogP contribution in [0.2, 0.25) is 0 Å². The summed E-state index contributed by atoms with van der Waals surface area (Å²) in [6, 6.07) is 0. The summed E-state index contributed by atoms with van der Waals surface area (Å²) in [6.07, 6.45) is 6.50. The Labute approximate surface area is 129 Å². The SMILES string of the molecule is CCCNC1(CO)CCCC(Sc2nc(CC)ns2)C1. The van der Waals surface area contributed by atoms with Crippen molar-refractivity contribution in [2.75, 3.05) is 13.2 Å². The molecule has 2 atom stereocenters. The van der Waals surface area contributed by atoms with Crippen molar-refractivity contribution < 1.29 is 5.11 Å². The molecule has 2 rings (SSSR count). The van der Waals surface area contributed by atoms with Crippen LogP contribution in [0.5, 0.6) is 0 Å². The molecule has 1 aliphatic carbocycles. The normalized spacial score (nSPS) is 26.9. The molecule has 1 aromatic rings. The van der Waals surface area contributed by atoms with E-state index >= 15 is 0 Å². The minimum absolute atomic E-state index is 0.0792. The van der Waals surface area contributed by atoms with Crippen LogP contribution in [0, 0.1) is 0 Å². The van der Waals surface area contributed by atoms with Gasteiger partial charge >= 0.3 is 0 Å². The highest BCUT2D eigenvalue weighted by molar-refractivity contribution is 8.01. The molecule has 6 heteroatoms. The Morgan fingerprint density at radius 1 is 1.50 bits per heavy atom. The van der Waals surface area contributed by atoms with Crippen molar-refractivity contribution in [1.29, 1.82) is 0 Å². The van der Waals surface area contributed by atoms with Crippen molar-refractivity contribution in [3.8, 4) is 0 Å². The number of thioether (sulfide) groups is 1. The number of aliphatic hydroxyl groups excluding tert-OH is 1. The van der Waals surface area contributed by atoms with Gasteiger partial charge in [-0.2, -0.15) is 4.37 Å². The van der Waals surface area contributed by atoms with Crippen molar-refractivity contribution in [1.82, 2.24) is 14.7 Å². The Kier molecular flexibility index (Phi) is 6.26. The second-order valence-electron chi connectivity index (χ2n) is 5.53. The van der Waals surface area contributed by atoms with E-state index in [0.29, 0.717) is 5.25 Å². The maximum Gasteiger partial charge on any atom is 0.170 e. The number of aromatic nitrogens is 2. The zero-order valence-corrected chi connectivity index (χ0v) is 14.0. The Morgan fingerprint density at radius 3 is 3.00 bits per heavy atom. The van der Waals surface area contributed by atoms with Crippen LogP contribution >= 0.6 is 23.3 Å². The molecule has 1 aromatic heterocycles. The van der Waals surface area contributed by atoms with E-state index in [0.717, 1.165) is 42.4 Å². The molecule has 1 saturated carbocycles. The zero-order chi connectivity index (χ0) is 14.4. The molecule has 4 nitrogen and oxygen atoms in total. The van der Waals surface area contributed by atoms with Gasteiger partial charge in [-0.1, -0.05) is 32.0 Å². The Bertz CT molecular complexity index is 413. The largest absolute Gasteiger partial charge is 0.394 e. The van der Waals surface area contributed by atoms with Gasteiger partial charge in [-0.15, -0.1) is 0 Å². The smallest absolute Gasteiger partial charge is 0.170 e. The Morgan fingerprint density at radius 2 is 2.35 bits per heavy atom. The first-order valence-electron chi connectivity index (χ1n) is 7.56. The average molecular weight is 316 g/mol. The molecule has 0 spiro atoms. The molecule has 114 valence electrons. The van der Waals surface area contributed by atoms with Crippen LogP contribution in [0.4, 0.5) is 0 Å². The van der Waals surface area contributed by atoms with E-state index in [-0.39, 0.29) is 12.1 Å². The standard InChI is InChI=1S/C14H25N3OS2/c1-3-8-15-14(10-18)7-5-6-11(9-14)19-13-16-12(4-2)17-20-13/h11,15,18H,3-10H2,1-2H3. The van der Waals surface area contributed by atoms with E-state index < -0.39 is 0 Å². The number of nitrogens with zero attached hydrogens (tertiary/aromatic N) is 2. The average Bonchev–Trinajstić information content (AvgIpc) is 2.93. The van der Waals surface area contributed by atoms with Crippen LogP contribution in [0.15, 0.2) is 4.34 Å². The van der Waals surface area contributed by atoms with Gasteiger partial charge in [0.25, 0.3) is 0 Å². The highest BCUT2D eigenvalue weighted by Crippen LogP contribution is 2.38. The molecule has 2 N–H and O–H groups in total. The molecule has 0 aromatic carbocycles. The second kappa shape index (κ2) is 7.73. The van der Waals surface area contributed by atoms with Crippen molar-refractivity contribution in [2.24, 2.45) is 0 Å². The molecule has 1 aliphatic rings. The Balaban J connectivity index is 1.94. The van der Waals surface area contributed by atoms with Gasteiger partial charge < -0.3 is 10.4 Å². The number of nitrogens with one attached hydrogen (secondary N) is 1. The lowest BCUT2D eigenvalue weighted by atomic mass is 9.82. The predicted molar refractivity (Wildman–Crippen MR) is 85.5 cm³/mol. The monoisotopic (exact) mass is 315 g/mol. The lowest BCUT2D eigenvalue weighted by molar-refractivity contribution is 0.124. The van der Waals surface area contributed by atoms with Crippen LogP contribution in [-0.2, 0) is 6.42 Å². The van der Waals surface area contributed by atoms with Crippen molar-refractivity contribution in [3.05, 3.63) is 5.82 Å². The van der Waals surface area contributed by atoms with Crippen LogP contribution < -0.4 is 5.32 Å². The third kappa shape index (κ3) is 4.16. The van der Waals surface area contributed by atoms with Gasteiger partial charge in [0.1, 0.15) is 5.82 Å². The van der Waals surface area contributed by atoms with E-state index in [1.807, 2.05) is 11.8 Å². The van der Waals surface area contributed by atoms with Crippen LogP contribution in [-0.4, -0.2) is 38.4 Å². The van der Waals surface area contributed by atoms with Gasteiger partial charge in [0.15, 0.2) is 4.34 Å². The van der Waals surface area contributed by atoms with Gasteiger partial charge in [-0.05, 0) is 43.8 Å². The van der Waals surface area contributed by atoms with Crippen LogP contribution in [0.1, 0.15) is 51.8 Å². The number of aliphatic hydroxyl groups is 1. The molecular formula is C14H25N3OS2. The zero-order valence-electron chi connectivity index (χ0n) is 12.4. The molecule has 1 heterocycles. The number of rotatable bonds is 7. The fourth-order valence-electron chi connectivity index (χ4n) is 2.73. The highest BCUT2D eigenvalue weighted by atomic mass is 32.2. The topological polar surface area (TPSA) is 58.0 Å². The summed E-state index contributed by atoms with van der Waals surface area (Å²) < 4.78 is 5.43. The molecule has 0 radical (unpaired) electrons. The predicted octanol–water partition coefficient (Wildman–Crippen LogP) is 2.87. The second-order valence-corrected chi connectivity index (χ2v) is 7.83. The molecule has 0 amide bonds. The van der Waals surface area contributed by atoms with Gasteiger partial charge in [0.05, 0.1) is 6.61 Å². The molecule has 2 unspecified atom stereocenters. The quantitative estimate of drug-likeness (QED) is 0.810. The summed E-state index contributed by atoms with van der Waals surface area (Å²) in [4.78, 5) is 4.55. The first-order chi connectivity index (χ1) is 9.71. The fourth-order valence-corrected chi connectivity index (χ4v) is 5.05. The molecule has 20 heavy (non-hydrogen) atoms.